The van der Waals surface area contributed by atoms with Gasteiger partial charge in [0.2, 0.25) is 0 Å². The van der Waals surface area contributed by atoms with Crippen LogP contribution in [0.15, 0.2) is 24.3 Å². The second kappa shape index (κ2) is 7.57. The molecule has 1 aromatic carbocycles. The zero-order chi connectivity index (χ0) is 15.2. The highest BCUT2D eigenvalue weighted by Gasteiger charge is 2.23. The SMILES string of the molecule is CC(=O)Oc1ccc(CN(C)CC2CCCCC2O)cc1. The van der Waals surface area contributed by atoms with E-state index >= 15 is 0 Å². The molecule has 0 aliphatic heterocycles. The fourth-order valence-corrected chi connectivity index (χ4v) is 3.01. The van der Waals surface area contributed by atoms with E-state index in [9.17, 15) is 9.90 Å². The van der Waals surface area contributed by atoms with Gasteiger partial charge in [0, 0.05) is 20.0 Å². The number of nitrogens with zero attached hydrogens (tertiary/aromatic N) is 1. The summed E-state index contributed by atoms with van der Waals surface area (Å²) in [5, 5.41) is 10.0. The minimum absolute atomic E-state index is 0.146. The molecule has 0 saturated heterocycles. The van der Waals surface area contributed by atoms with E-state index in [-0.39, 0.29) is 12.1 Å². The van der Waals surface area contributed by atoms with Crippen LogP contribution in [-0.2, 0) is 11.3 Å². The molecule has 2 rings (SSSR count). The second-order valence-corrected chi connectivity index (χ2v) is 6.05. The first-order chi connectivity index (χ1) is 10.0. The van der Waals surface area contributed by atoms with Crippen molar-refractivity contribution in [3.63, 3.8) is 0 Å². The first-order valence-corrected chi connectivity index (χ1v) is 7.68. The van der Waals surface area contributed by atoms with Crippen molar-refractivity contribution in [1.29, 1.82) is 0 Å². The normalized spacial score (nSPS) is 22.3. The molecule has 1 fully saturated rings. The van der Waals surface area contributed by atoms with Crippen LogP contribution in [0.5, 0.6) is 5.75 Å². The summed E-state index contributed by atoms with van der Waals surface area (Å²) >= 11 is 0. The molecule has 2 unspecified atom stereocenters. The Morgan fingerprint density at radius 1 is 1.29 bits per heavy atom. The van der Waals surface area contributed by atoms with E-state index in [0.717, 1.165) is 32.4 Å². The molecular formula is C17H25NO3. The number of aliphatic hydroxyl groups excluding tert-OH is 1. The standard InChI is InChI=1S/C17H25NO3/c1-13(19)21-16-9-7-14(8-10-16)11-18(2)12-15-5-3-4-6-17(15)20/h7-10,15,17,20H,3-6,11-12H2,1-2H3. The molecule has 2 atom stereocenters. The van der Waals surface area contributed by atoms with Gasteiger partial charge >= 0.3 is 5.97 Å². The Morgan fingerprint density at radius 3 is 2.57 bits per heavy atom. The number of esters is 1. The average Bonchev–Trinajstić information content (AvgIpc) is 2.43. The van der Waals surface area contributed by atoms with Gasteiger partial charge in [0.1, 0.15) is 5.75 Å². The molecule has 0 bridgehead atoms. The Morgan fingerprint density at radius 2 is 1.95 bits per heavy atom. The van der Waals surface area contributed by atoms with Crippen LogP contribution in [0.1, 0.15) is 38.2 Å². The maximum atomic E-state index is 10.9. The number of aliphatic hydroxyl groups is 1. The van der Waals surface area contributed by atoms with Crippen LogP contribution in [0.3, 0.4) is 0 Å². The molecule has 0 radical (unpaired) electrons. The highest BCUT2D eigenvalue weighted by Crippen LogP contribution is 2.25. The van der Waals surface area contributed by atoms with E-state index in [1.54, 1.807) is 0 Å². The Balaban J connectivity index is 1.84. The summed E-state index contributed by atoms with van der Waals surface area (Å²) in [6.45, 7) is 3.16. The zero-order valence-corrected chi connectivity index (χ0v) is 12.9. The summed E-state index contributed by atoms with van der Waals surface area (Å²) in [6.07, 6.45) is 4.30. The van der Waals surface area contributed by atoms with E-state index in [1.807, 2.05) is 24.3 Å². The highest BCUT2D eigenvalue weighted by atomic mass is 16.5. The van der Waals surface area contributed by atoms with Gasteiger partial charge < -0.3 is 14.7 Å². The van der Waals surface area contributed by atoms with Crippen LogP contribution in [0.4, 0.5) is 0 Å². The maximum absolute atomic E-state index is 10.9. The molecule has 1 N–H and O–H groups in total. The molecule has 0 aromatic heterocycles. The Labute approximate surface area is 126 Å². The predicted molar refractivity (Wildman–Crippen MR) is 82.0 cm³/mol. The first-order valence-electron chi connectivity index (χ1n) is 7.68. The Kier molecular flexibility index (Phi) is 5.76. The average molecular weight is 291 g/mol. The van der Waals surface area contributed by atoms with Crippen molar-refractivity contribution in [3.8, 4) is 5.75 Å². The fourth-order valence-electron chi connectivity index (χ4n) is 3.01. The van der Waals surface area contributed by atoms with Crippen LogP contribution >= 0.6 is 0 Å². The number of hydrogen-bond donors (Lipinski definition) is 1. The molecule has 0 spiro atoms. The van der Waals surface area contributed by atoms with Crippen molar-refractivity contribution in [2.75, 3.05) is 13.6 Å². The van der Waals surface area contributed by atoms with Crippen molar-refractivity contribution in [2.45, 2.75) is 45.3 Å². The van der Waals surface area contributed by atoms with Gasteiger partial charge in [-0.2, -0.15) is 0 Å². The molecule has 1 aromatic rings. The van der Waals surface area contributed by atoms with E-state index in [4.69, 9.17) is 4.74 Å². The minimum atomic E-state index is -0.300. The van der Waals surface area contributed by atoms with Gasteiger partial charge in [-0.1, -0.05) is 25.0 Å². The van der Waals surface area contributed by atoms with Gasteiger partial charge in [-0.15, -0.1) is 0 Å². The smallest absolute Gasteiger partial charge is 0.308 e. The molecule has 0 heterocycles. The monoisotopic (exact) mass is 291 g/mol. The molecule has 0 amide bonds. The van der Waals surface area contributed by atoms with Gasteiger partial charge in [-0.05, 0) is 43.5 Å². The van der Waals surface area contributed by atoms with Crippen molar-refractivity contribution >= 4 is 5.97 Å². The lowest BCUT2D eigenvalue weighted by atomic mass is 9.86. The van der Waals surface area contributed by atoms with Crippen molar-refractivity contribution in [2.24, 2.45) is 5.92 Å². The molecule has 4 nitrogen and oxygen atoms in total. The fraction of sp³-hybridized carbons (Fsp3) is 0.588. The van der Waals surface area contributed by atoms with E-state index < -0.39 is 0 Å². The lowest BCUT2D eigenvalue weighted by Crippen LogP contribution is -2.34. The lowest BCUT2D eigenvalue weighted by Gasteiger charge is -2.31. The summed E-state index contributed by atoms with van der Waals surface area (Å²) in [5.74, 6) is 0.673. The van der Waals surface area contributed by atoms with Crippen LogP contribution in [0.2, 0.25) is 0 Å². The molecule has 116 valence electrons. The predicted octanol–water partition coefficient (Wildman–Crippen LogP) is 2.59. The molecule has 21 heavy (non-hydrogen) atoms. The molecule has 1 saturated carbocycles. The van der Waals surface area contributed by atoms with Crippen LogP contribution < -0.4 is 4.74 Å². The van der Waals surface area contributed by atoms with E-state index in [2.05, 4.69) is 11.9 Å². The quantitative estimate of drug-likeness (QED) is 0.669. The van der Waals surface area contributed by atoms with Crippen molar-refractivity contribution in [1.82, 2.24) is 4.90 Å². The third-order valence-corrected chi connectivity index (χ3v) is 4.05. The topological polar surface area (TPSA) is 49.8 Å². The van der Waals surface area contributed by atoms with Gasteiger partial charge in [-0.3, -0.25) is 4.79 Å². The number of rotatable bonds is 5. The van der Waals surface area contributed by atoms with E-state index in [1.165, 1.54) is 18.9 Å². The zero-order valence-electron chi connectivity index (χ0n) is 12.9. The second-order valence-electron chi connectivity index (χ2n) is 6.05. The number of ether oxygens (including phenoxy) is 1. The molecule has 1 aliphatic rings. The van der Waals surface area contributed by atoms with Crippen LogP contribution in [0, 0.1) is 5.92 Å². The number of carbonyl (C=O) groups is 1. The lowest BCUT2D eigenvalue weighted by molar-refractivity contribution is -0.131. The molecule has 1 aliphatic carbocycles. The van der Waals surface area contributed by atoms with Gasteiger partial charge in [0.05, 0.1) is 6.10 Å². The van der Waals surface area contributed by atoms with Gasteiger partial charge in [-0.25, -0.2) is 0 Å². The summed E-state index contributed by atoms with van der Waals surface area (Å²) in [4.78, 5) is 13.1. The number of carbonyl (C=O) groups excluding carboxylic acids is 1. The summed E-state index contributed by atoms with van der Waals surface area (Å²) in [6, 6.07) is 7.60. The third-order valence-electron chi connectivity index (χ3n) is 4.05. The maximum Gasteiger partial charge on any atom is 0.308 e. The first kappa shape index (κ1) is 16.0. The van der Waals surface area contributed by atoms with Crippen LogP contribution in [0.25, 0.3) is 0 Å². The van der Waals surface area contributed by atoms with E-state index in [0.29, 0.717) is 11.7 Å². The van der Waals surface area contributed by atoms with Gasteiger partial charge in [0.25, 0.3) is 0 Å². The minimum Gasteiger partial charge on any atom is -0.427 e. The summed E-state index contributed by atoms with van der Waals surface area (Å²) < 4.78 is 5.02. The number of hydrogen-bond acceptors (Lipinski definition) is 4. The Bertz CT molecular complexity index is 458. The Hall–Kier alpha value is -1.39. The molecular weight excluding hydrogens is 266 g/mol. The highest BCUT2D eigenvalue weighted by molar-refractivity contribution is 5.69. The van der Waals surface area contributed by atoms with Gasteiger partial charge in [0.15, 0.2) is 0 Å². The third kappa shape index (κ3) is 5.14. The summed E-state index contributed by atoms with van der Waals surface area (Å²) in [5.41, 5.74) is 1.18. The molecule has 4 heteroatoms. The largest absolute Gasteiger partial charge is 0.427 e. The van der Waals surface area contributed by atoms with Crippen LogP contribution in [-0.4, -0.2) is 35.7 Å². The summed E-state index contributed by atoms with van der Waals surface area (Å²) in [7, 11) is 2.08. The van der Waals surface area contributed by atoms with Crippen molar-refractivity contribution < 1.29 is 14.6 Å². The van der Waals surface area contributed by atoms with Crippen molar-refractivity contribution in [3.05, 3.63) is 29.8 Å². The number of benzene rings is 1.